The smallest absolute Gasteiger partial charge is 0.300 e. The number of carbonyl (C=O) groups is 2. The predicted octanol–water partition coefficient (Wildman–Crippen LogP) is 5.84. The molecule has 1 N–H and O–H groups in total. The number of benzene rings is 2. The number of nitrogens with zero attached hydrogens (tertiary/aromatic N) is 1. The molecule has 1 atom stereocenters. The Labute approximate surface area is 194 Å². The number of amides is 1. The topological polar surface area (TPSA) is 80.0 Å². The summed E-state index contributed by atoms with van der Waals surface area (Å²) in [7, 11) is 1.42. The average Bonchev–Trinajstić information content (AvgIpc) is 3.36. The fourth-order valence-corrected chi connectivity index (χ4v) is 4.38. The molecule has 0 radical (unpaired) electrons. The van der Waals surface area contributed by atoms with Gasteiger partial charge in [-0.3, -0.25) is 14.5 Å². The second-order valence-corrected chi connectivity index (χ2v) is 8.24. The van der Waals surface area contributed by atoms with Crippen molar-refractivity contribution in [2.75, 3.05) is 12.0 Å². The molecule has 2 aromatic carbocycles. The molecule has 1 aromatic heterocycles. The van der Waals surface area contributed by atoms with E-state index in [0.717, 1.165) is 11.1 Å². The number of rotatable bonds is 4. The molecule has 4 rings (SSSR count). The van der Waals surface area contributed by atoms with Gasteiger partial charge in [-0.2, -0.15) is 0 Å². The second kappa shape index (κ2) is 8.37. The van der Waals surface area contributed by atoms with E-state index < -0.39 is 23.5 Å². The van der Waals surface area contributed by atoms with Gasteiger partial charge < -0.3 is 14.3 Å². The number of anilines is 1. The summed E-state index contributed by atoms with van der Waals surface area (Å²) in [5.41, 5.74) is 2.57. The molecule has 6 nitrogen and oxygen atoms in total. The van der Waals surface area contributed by atoms with Crippen LogP contribution in [0.1, 0.15) is 28.5 Å². The van der Waals surface area contributed by atoms with Crippen molar-refractivity contribution in [3.8, 4) is 5.75 Å². The van der Waals surface area contributed by atoms with Gasteiger partial charge in [0.05, 0.1) is 29.0 Å². The summed E-state index contributed by atoms with van der Waals surface area (Å²) >= 11 is 12.4. The monoisotopic (exact) mass is 471 g/mol. The van der Waals surface area contributed by atoms with Crippen LogP contribution in [0, 0.1) is 13.8 Å². The van der Waals surface area contributed by atoms with Crippen molar-refractivity contribution in [3.63, 3.8) is 0 Å². The zero-order valence-corrected chi connectivity index (χ0v) is 19.0. The lowest BCUT2D eigenvalue weighted by molar-refractivity contribution is -0.132. The molecule has 0 aliphatic carbocycles. The van der Waals surface area contributed by atoms with Crippen LogP contribution in [0.15, 0.2) is 58.7 Å². The first-order valence-electron chi connectivity index (χ1n) is 9.69. The van der Waals surface area contributed by atoms with Crippen LogP contribution < -0.4 is 9.64 Å². The van der Waals surface area contributed by atoms with Gasteiger partial charge in [0, 0.05) is 11.3 Å². The van der Waals surface area contributed by atoms with Gasteiger partial charge in [0.1, 0.15) is 17.6 Å². The lowest BCUT2D eigenvalue weighted by atomic mass is 9.99. The van der Waals surface area contributed by atoms with E-state index in [4.69, 9.17) is 32.4 Å². The Bertz CT molecular complexity index is 1240. The second-order valence-electron chi connectivity index (χ2n) is 7.43. The molecule has 1 fully saturated rings. The van der Waals surface area contributed by atoms with Gasteiger partial charge in [0.25, 0.3) is 11.7 Å². The number of halogens is 2. The first-order chi connectivity index (χ1) is 15.2. The number of Topliss-reactive ketones (excluding diaryl/α,β-unsaturated/α-hetero) is 1. The highest BCUT2D eigenvalue weighted by atomic mass is 35.5. The van der Waals surface area contributed by atoms with Crippen molar-refractivity contribution in [1.29, 1.82) is 0 Å². The lowest BCUT2D eigenvalue weighted by Crippen LogP contribution is -2.29. The van der Waals surface area contributed by atoms with Gasteiger partial charge in [-0.1, -0.05) is 29.3 Å². The quantitative estimate of drug-likeness (QED) is 0.293. The highest BCUT2D eigenvalue weighted by Gasteiger charge is 2.48. The normalized spacial score (nSPS) is 17.8. The van der Waals surface area contributed by atoms with Crippen LogP contribution in [0.3, 0.4) is 0 Å². The first-order valence-corrected chi connectivity index (χ1v) is 10.4. The van der Waals surface area contributed by atoms with E-state index >= 15 is 0 Å². The summed E-state index contributed by atoms with van der Waals surface area (Å²) in [5, 5.41) is 11.4. The van der Waals surface area contributed by atoms with Crippen molar-refractivity contribution in [3.05, 3.63) is 86.8 Å². The fraction of sp³-hybridized carbons (Fsp3) is 0.167. The Hall–Kier alpha value is -3.22. The predicted molar refractivity (Wildman–Crippen MR) is 122 cm³/mol. The number of carbonyl (C=O) groups excluding carboxylic acids is 2. The number of aliphatic hydroxyl groups excluding tert-OH is 1. The van der Waals surface area contributed by atoms with Crippen LogP contribution in [0.5, 0.6) is 5.75 Å². The molecular formula is C24H19Cl2NO5. The van der Waals surface area contributed by atoms with E-state index in [0.29, 0.717) is 11.4 Å². The molecule has 1 unspecified atom stereocenters. The summed E-state index contributed by atoms with van der Waals surface area (Å²) in [4.78, 5) is 27.5. The Balaban J connectivity index is 1.94. The SMILES string of the molecule is COc1c(Cl)cc(/C(O)=C2/C(=O)C(=O)N(c3ccc(C)c(C)c3)C2c2ccco2)cc1Cl. The first kappa shape index (κ1) is 22.0. The largest absolute Gasteiger partial charge is 0.507 e. The minimum atomic E-state index is -0.966. The summed E-state index contributed by atoms with van der Waals surface area (Å²) in [6.07, 6.45) is 1.44. The third-order valence-corrected chi connectivity index (χ3v) is 6.06. The van der Waals surface area contributed by atoms with Crippen LogP contribution in [0.25, 0.3) is 5.76 Å². The van der Waals surface area contributed by atoms with Gasteiger partial charge in [-0.05, 0) is 61.4 Å². The molecule has 0 spiro atoms. The number of hydrogen-bond acceptors (Lipinski definition) is 5. The van der Waals surface area contributed by atoms with Crippen molar-refractivity contribution in [2.24, 2.45) is 0 Å². The zero-order chi connectivity index (χ0) is 23.2. The number of ketones is 1. The average molecular weight is 472 g/mol. The third-order valence-electron chi connectivity index (χ3n) is 5.50. The highest BCUT2D eigenvalue weighted by Crippen LogP contribution is 2.44. The molecule has 1 aliphatic heterocycles. The maximum Gasteiger partial charge on any atom is 0.300 e. The molecule has 8 heteroatoms. The maximum atomic E-state index is 13.1. The molecule has 3 aromatic rings. The summed E-state index contributed by atoms with van der Waals surface area (Å²) in [6.45, 7) is 3.87. The Kier molecular flexibility index (Phi) is 5.75. The molecule has 0 saturated carbocycles. The molecule has 0 bridgehead atoms. The number of ether oxygens (including phenoxy) is 1. The number of methoxy groups -OCH3 is 1. The highest BCUT2D eigenvalue weighted by molar-refractivity contribution is 6.51. The van der Waals surface area contributed by atoms with E-state index in [9.17, 15) is 14.7 Å². The van der Waals surface area contributed by atoms with Gasteiger partial charge in [-0.15, -0.1) is 0 Å². The summed E-state index contributed by atoms with van der Waals surface area (Å²) < 4.78 is 10.7. The number of furan rings is 1. The van der Waals surface area contributed by atoms with Crippen LogP contribution >= 0.6 is 23.2 Å². The van der Waals surface area contributed by atoms with E-state index in [1.54, 1.807) is 18.2 Å². The molecule has 1 saturated heterocycles. The standard InChI is InChI=1S/C24H19Cl2NO5/c1-12-6-7-15(9-13(12)2)27-20(18-5-4-8-32-18)19(22(29)24(27)30)21(28)14-10-16(25)23(31-3)17(26)11-14/h4-11,20,28H,1-3H3/b21-19-. The lowest BCUT2D eigenvalue weighted by Gasteiger charge is -2.24. The van der Waals surface area contributed by atoms with E-state index in [-0.39, 0.29) is 26.9 Å². The number of aryl methyl sites for hydroxylation is 2. The molecule has 1 amide bonds. The molecule has 2 heterocycles. The molecule has 32 heavy (non-hydrogen) atoms. The van der Waals surface area contributed by atoms with Crippen molar-refractivity contribution in [1.82, 2.24) is 0 Å². The third kappa shape index (κ3) is 3.55. The Morgan fingerprint density at radius 2 is 1.75 bits per heavy atom. The molecular weight excluding hydrogens is 453 g/mol. The van der Waals surface area contributed by atoms with E-state index in [2.05, 4.69) is 0 Å². The summed E-state index contributed by atoms with van der Waals surface area (Å²) in [6, 6.07) is 10.6. The fourth-order valence-electron chi connectivity index (χ4n) is 3.74. The van der Waals surface area contributed by atoms with Crippen molar-refractivity contribution < 1.29 is 23.8 Å². The molecule has 164 valence electrons. The van der Waals surface area contributed by atoms with Gasteiger partial charge in [0.2, 0.25) is 0 Å². The van der Waals surface area contributed by atoms with Crippen LogP contribution in [-0.4, -0.2) is 23.9 Å². The zero-order valence-electron chi connectivity index (χ0n) is 17.5. The number of hydrogen-bond donors (Lipinski definition) is 1. The van der Waals surface area contributed by atoms with Gasteiger partial charge in [0.15, 0.2) is 5.75 Å². The Morgan fingerprint density at radius 3 is 2.31 bits per heavy atom. The summed E-state index contributed by atoms with van der Waals surface area (Å²) in [5.74, 6) is -1.47. The minimum Gasteiger partial charge on any atom is -0.507 e. The minimum absolute atomic E-state index is 0.125. The van der Waals surface area contributed by atoms with Crippen LogP contribution in [-0.2, 0) is 9.59 Å². The van der Waals surface area contributed by atoms with E-state index in [1.807, 2.05) is 26.0 Å². The van der Waals surface area contributed by atoms with Crippen LogP contribution in [0.4, 0.5) is 5.69 Å². The van der Waals surface area contributed by atoms with Crippen molar-refractivity contribution >= 4 is 46.3 Å². The van der Waals surface area contributed by atoms with Gasteiger partial charge in [-0.25, -0.2) is 0 Å². The van der Waals surface area contributed by atoms with Gasteiger partial charge >= 0.3 is 0 Å². The van der Waals surface area contributed by atoms with Crippen molar-refractivity contribution in [2.45, 2.75) is 19.9 Å². The maximum absolute atomic E-state index is 13.1. The van der Waals surface area contributed by atoms with E-state index in [1.165, 1.54) is 30.4 Å². The Morgan fingerprint density at radius 1 is 1.06 bits per heavy atom. The molecule has 1 aliphatic rings. The number of aliphatic hydroxyl groups is 1. The van der Waals surface area contributed by atoms with Crippen LogP contribution in [0.2, 0.25) is 10.0 Å².